The summed E-state index contributed by atoms with van der Waals surface area (Å²) in [5.74, 6) is 0. The van der Waals surface area contributed by atoms with E-state index in [9.17, 15) is 0 Å². The number of piperazine rings is 1. The van der Waals surface area contributed by atoms with Crippen LogP contribution in [0.4, 0.5) is 5.13 Å². The van der Waals surface area contributed by atoms with Crippen LogP contribution >= 0.6 is 11.3 Å². The third kappa shape index (κ3) is 3.67. The number of hydrogen-bond acceptors (Lipinski definition) is 4. The molecule has 134 valence electrons. The van der Waals surface area contributed by atoms with E-state index in [0.717, 1.165) is 32.7 Å². The second kappa shape index (κ2) is 7.60. The Morgan fingerprint density at radius 2 is 1.69 bits per heavy atom. The first-order chi connectivity index (χ1) is 12.7. The lowest BCUT2D eigenvalue weighted by atomic mass is 10.1. The molecule has 0 spiro atoms. The molecule has 1 saturated heterocycles. The SMILES string of the molecule is Cc1ccc(C)c2sc(N3CCN(C/C=C/c4ccccc4)CC3)nc12. The van der Waals surface area contributed by atoms with Gasteiger partial charge in [-0.05, 0) is 30.5 Å². The van der Waals surface area contributed by atoms with Crippen molar-refractivity contribution < 1.29 is 0 Å². The minimum absolute atomic E-state index is 1.01. The number of thiazole rings is 1. The molecule has 0 atom stereocenters. The summed E-state index contributed by atoms with van der Waals surface area (Å²) >= 11 is 1.84. The number of hydrogen-bond donors (Lipinski definition) is 0. The van der Waals surface area contributed by atoms with Crippen LogP contribution in [0.5, 0.6) is 0 Å². The van der Waals surface area contributed by atoms with E-state index in [1.807, 2.05) is 11.3 Å². The van der Waals surface area contributed by atoms with Crippen LogP contribution in [0, 0.1) is 13.8 Å². The van der Waals surface area contributed by atoms with E-state index in [0.29, 0.717) is 0 Å². The molecule has 0 unspecified atom stereocenters. The number of rotatable bonds is 4. The highest BCUT2D eigenvalue weighted by Crippen LogP contribution is 2.33. The topological polar surface area (TPSA) is 19.4 Å². The first-order valence-electron chi connectivity index (χ1n) is 9.26. The van der Waals surface area contributed by atoms with Gasteiger partial charge in [-0.1, -0.05) is 66.0 Å². The number of nitrogens with zero attached hydrogens (tertiary/aromatic N) is 3. The molecule has 26 heavy (non-hydrogen) atoms. The number of fused-ring (bicyclic) bond motifs is 1. The molecule has 2 aromatic carbocycles. The molecule has 0 N–H and O–H groups in total. The van der Waals surface area contributed by atoms with Crippen molar-refractivity contribution in [2.75, 3.05) is 37.6 Å². The standard InChI is InChI=1S/C22H25N3S/c1-17-10-11-18(2)21-20(17)23-22(26-21)25-15-13-24(14-16-25)12-6-9-19-7-4-3-5-8-19/h3-11H,12-16H2,1-2H3/b9-6+. The Bertz CT molecular complexity index is 867. The Kier molecular flexibility index (Phi) is 5.05. The van der Waals surface area contributed by atoms with Crippen molar-refractivity contribution >= 4 is 32.8 Å². The minimum Gasteiger partial charge on any atom is -0.345 e. The fourth-order valence-corrected chi connectivity index (χ4v) is 4.57. The molecule has 1 fully saturated rings. The van der Waals surface area contributed by atoms with Gasteiger partial charge in [0.1, 0.15) is 0 Å². The number of benzene rings is 2. The van der Waals surface area contributed by atoms with Crippen molar-refractivity contribution in [3.05, 3.63) is 65.2 Å². The molecule has 0 bridgehead atoms. The van der Waals surface area contributed by atoms with Crippen molar-refractivity contribution in [3.8, 4) is 0 Å². The van der Waals surface area contributed by atoms with E-state index < -0.39 is 0 Å². The molecule has 0 radical (unpaired) electrons. The van der Waals surface area contributed by atoms with Crippen LogP contribution < -0.4 is 4.90 Å². The summed E-state index contributed by atoms with van der Waals surface area (Å²) in [6.45, 7) is 9.64. The normalized spacial score (nSPS) is 16.0. The van der Waals surface area contributed by atoms with Crippen LogP contribution in [0.3, 0.4) is 0 Å². The first kappa shape index (κ1) is 17.3. The second-order valence-electron chi connectivity index (χ2n) is 6.97. The predicted octanol–water partition coefficient (Wildman–Crippen LogP) is 4.75. The van der Waals surface area contributed by atoms with Gasteiger partial charge in [-0.3, -0.25) is 4.90 Å². The lowest BCUT2D eigenvalue weighted by molar-refractivity contribution is 0.284. The zero-order valence-corrected chi connectivity index (χ0v) is 16.3. The molecular weight excluding hydrogens is 338 g/mol. The number of aryl methyl sites for hydroxylation is 2. The lowest BCUT2D eigenvalue weighted by Gasteiger charge is -2.33. The summed E-state index contributed by atoms with van der Waals surface area (Å²) in [6.07, 6.45) is 4.49. The Morgan fingerprint density at radius 1 is 0.962 bits per heavy atom. The summed E-state index contributed by atoms with van der Waals surface area (Å²) in [6, 6.07) is 14.9. The average Bonchev–Trinajstić information content (AvgIpc) is 3.13. The van der Waals surface area contributed by atoms with Gasteiger partial charge in [-0.15, -0.1) is 0 Å². The van der Waals surface area contributed by atoms with Gasteiger partial charge in [0.05, 0.1) is 10.2 Å². The van der Waals surface area contributed by atoms with Crippen LogP contribution in [0.2, 0.25) is 0 Å². The van der Waals surface area contributed by atoms with Crippen LogP contribution in [0.25, 0.3) is 16.3 Å². The molecule has 1 aliphatic heterocycles. The van der Waals surface area contributed by atoms with Crippen molar-refractivity contribution in [1.82, 2.24) is 9.88 Å². The van der Waals surface area contributed by atoms with E-state index in [4.69, 9.17) is 4.98 Å². The van der Waals surface area contributed by atoms with E-state index in [1.54, 1.807) is 0 Å². The maximum Gasteiger partial charge on any atom is 0.186 e. The molecule has 4 rings (SSSR count). The van der Waals surface area contributed by atoms with Crippen LogP contribution in [-0.2, 0) is 0 Å². The van der Waals surface area contributed by atoms with Crippen molar-refractivity contribution in [1.29, 1.82) is 0 Å². The lowest BCUT2D eigenvalue weighted by Crippen LogP contribution is -2.46. The first-order valence-corrected chi connectivity index (χ1v) is 10.1. The Morgan fingerprint density at radius 3 is 2.42 bits per heavy atom. The molecule has 1 aliphatic rings. The molecule has 3 aromatic rings. The second-order valence-corrected chi connectivity index (χ2v) is 7.95. The summed E-state index contributed by atoms with van der Waals surface area (Å²) in [5, 5.41) is 1.18. The molecule has 2 heterocycles. The van der Waals surface area contributed by atoms with Gasteiger partial charge in [-0.2, -0.15) is 0 Å². The summed E-state index contributed by atoms with van der Waals surface area (Å²) < 4.78 is 1.34. The van der Waals surface area contributed by atoms with Gasteiger partial charge >= 0.3 is 0 Å². The number of aromatic nitrogens is 1. The average molecular weight is 364 g/mol. The van der Waals surface area contributed by atoms with Crippen LogP contribution in [0.15, 0.2) is 48.5 Å². The van der Waals surface area contributed by atoms with Gasteiger partial charge in [-0.25, -0.2) is 4.98 Å². The highest BCUT2D eigenvalue weighted by molar-refractivity contribution is 7.22. The highest BCUT2D eigenvalue weighted by atomic mass is 32.1. The zero-order chi connectivity index (χ0) is 17.9. The van der Waals surface area contributed by atoms with Crippen LogP contribution in [-0.4, -0.2) is 42.6 Å². The van der Waals surface area contributed by atoms with E-state index in [-0.39, 0.29) is 0 Å². The Balaban J connectivity index is 1.37. The van der Waals surface area contributed by atoms with Crippen molar-refractivity contribution in [3.63, 3.8) is 0 Å². The molecule has 4 heteroatoms. The summed E-state index contributed by atoms with van der Waals surface area (Å²) in [5.41, 5.74) is 5.06. The van der Waals surface area contributed by atoms with Gasteiger partial charge in [0, 0.05) is 32.7 Å². The highest BCUT2D eigenvalue weighted by Gasteiger charge is 2.20. The largest absolute Gasteiger partial charge is 0.345 e. The van der Waals surface area contributed by atoms with E-state index in [1.165, 1.54) is 32.0 Å². The fraction of sp³-hybridized carbons (Fsp3) is 0.318. The fourth-order valence-electron chi connectivity index (χ4n) is 3.41. The summed E-state index contributed by atoms with van der Waals surface area (Å²) in [7, 11) is 0. The maximum absolute atomic E-state index is 4.94. The molecular formula is C22H25N3S. The van der Waals surface area contributed by atoms with Crippen molar-refractivity contribution in [2.24, 2.45) is 0 Å². The van der Waals surface area contributed by atoms with E-state index >= 15 is 0 Å². The third-order valence-electron chi connectivity index (χ3n) is 5.05. The Hall–Kier alpha value is -2.17. The molecule has 0 amide bonds. The Labute approximate surface area is 159 Å². The van der Waals surface area contributed by atoms with Crippen molar-refractivity contribution in [2.45, 2.75) is 13.8 Å². The quantitative estimate of drug-likeness (QED) is 0.667. The smallest absolute Gasteiger partial charge is 0.186 e. The number of anilines is 1. The van der Waals surface area contributed by atoms with Gasteiger partial charge in [0.25, 0.3) is 0 Å². The minimum atomic E-state index is 1.01. The molecule has 1 aromatic heterocycles. The summed E-state index contributed by atoms with van der Waals surface area (Å²) in [4.78, 5) is 9.89. The predicted molar refractivity (Wildman–Crippen MR) is 113 cm³/mol. The third-order valence-corrected chi connectivity index (χ3v) is 6.30. The van der Waals surface area contributed by atoms with Crippen LogP contribution in [0.1, 0.15) is 16.7 Å². The monoisotopic (exact) mass is 363 g/mol. The molecule has 3 nitrogen and oxygen atoms in total. The maximum atomic E-state index is 4.94. The van der Waals surface area contributed by atoms with Gasteiger partial charge in [0.15, 0.2) is 5.13 Å². The van der Waals surface area contributed by atoms with Gasteiger partial charge < -0.3 is 4.90 Å². The van der Waals surface area contributed by atoms with E-state index in [2.05, 4.69) is 78.3 Å². The molecule has 0 aliphatic carbocycles. The molecule has 0 saturated carbocycles. The zero-order valence-electron chi connectivity index (χ0n) is 15.5. The van der Waals surface area contributed by atoms with Gasteiger partial charge in [0.2, 0.25) is 0 Å².